The van der Waals surface area contributed by atoms with Crippen molar-refractivity contribution in [2.75, 3.05) is 13.1 Å². The summed E-state index contributed by atoms with van der Waals surface area (Å²) in [5, 5.41) is 0. The minimum Gasteiger partial charge on any atom is -0.393 e. The highest BCUT2D eigenvalue weighted by atomic mass is 32.2. The van der Waals surface area contributed by atoms with E-state index < -0.39 is 33.8 Å². The normalized spacial score (nSPS) is 27.2. The molecule has 1 aromatic rings. The Bertz CT molecular complexity index is 655. The van der Waals surface area contributed by atoms with Crippen molar-refractivity contribution in [2.24, 2.45) is 11.8 Å². The first kappa shape index (κ1) is 13.3. The van der Waals surface area contributed by atoms with Gasteiger partial charge in [0.2, 0.25) is 10.0 Å². The zero-order chi connectivity index (χ0) is 14.3. The summed E-state index contributed by atoms with van der Waals surface area (Å²) in [7, 11) is -3.63. The fraction of sp³-hybridized carbons (Fsp3) is 0.385. The van der Waals surface area contributed by atoms with E-state index in [1.807, 2.05) is 0 Å². The Kier molecular flexibility index (Phi) is 3.10. The topological polar surface area (TPSA) is 80.8 Å². The van der Waals surface area contributed by atoms with Gasteiger partial charge >= 0.3 is 11.9 Å². The lowest BCUT2D eigenvalue weighted by molar-refractivity contribution is -0.153. The van der Waals surface area contributed by atoms with Crippen molar-refractivity contribution in [3.8, 4) is 0 Å². The Morgan fingerprint density at radius 2 is 1.70 bits per heavy atom. The second-order valence-corrected chi connectivity index (χ2v) is 6.86. The summed E-state index contributed by atoms with van der Waals surface area (Å²) in [6.07, 6.45) is 0.321. The molecular formula is C13H13NO5S. The molecule has 20 heavy (non-hydrogen) atoms. The van der Waals surface area contributed by atoms with Crippen LogP contribution in [0.5, 0.6) is 0 Å². The minimum absolute atomic E-state index is 0.00642. The van der Waals surface area contributed by atoms with Gasteiger partial charge in [-0.15, -0.1) is 0 Å². The van der Waals surface area contributed by atoms with Crippen LogP contribution in [0.2, 0.25) is 0 Å². The molecule has 0 bridgehead atoms. The lowest BCUT2D eigenvalue weighted by atomic mass is 9.89. The third-order valence-corrected chi connectivity index (χ3v) is 5.64. The van der Waals surface area contributed by atoms with Crippen molar-refractivity contribution >= 4 is 22.0 Å². The molecule has 0 saturated carbocycles. The second-order valence-electron chi connectivity index (χ2n) is 4.92. The second kappa shape index (κ2) is 4.68. The monoisotopic (exact) mass is 295 g/mol. The number of ether oxygens (including phenoxy) is 1. The summed E-state index contributed by atoms with van der Waals surface area (Å²) < 4.78 is 30.7. The maximum atomic E-state index is 12.5. The Labute approximate surface area is 116 Å². The van der Waals surface area contributed by atoms with Crippen LogP contribution >= 0.6 is 0 Å². The summed E-state index contributed by atoms with van der Waals surface area (Å²) in [6.45, 7) is 0.229. The maximum absolute atomic E-state index is 12.5. The fourth-order valence-corrected chi connectivity index (χ4v) is 4.16. The van der Waals surface area contributed by atoms with Gasteiger partial charge in [0.1, 0.15) is 0 Å². The largest absolute Gasteiger partial charge is 0.393 e. The van der Waals surface area contributed by atoms with Gasteiger partial charge in [0.15, 0.2) is 0 Å². The lowest BCUT2D eigenvalue weighted by Gasteiger charge is -2.30. The summed E-state index contributed by atoms with van der Waals surface area (Å²) in [5.74, 6) is -2.32. The minimum atomic E-state index is -3.63. The summed E-state index contributed by atoms with van der Waals surface area (Å²) >= 11 is 0. The molecule has 2 atom stereocenters. The number of carbonyl (C=O) groups excluding carboxylic acids is 2. The highest BCUT2D eigenvalue weighted by Gasteiger charge is 2.49. The van der Waals surface area contributed by atoms with Gasteiger partial charge < -0.3 is 4.74 Å². The first-order valence-electron chi connectivity index (χ1n) is 6.31. The molecule has 0 N–H and O–H groups in total. The maximum Gasteiger partial charge on any atom is 0.318 e. The third kappa shape index (κ3) is 2.03. The van der Waals surface area contributed by atoms with Gasteiger partial charge in [0, 0.05) is 13.1 Å². The molecule has 0 amide bonds. The number of rotatable bonds is 2. The van der Waals surface area contributed by atoms with Crippen molar-refractivity contribution in [3.05, 3.63) is 30.3 Å². The Morgan fingerprint density at radius 1 is 1.05 bits per heavy atom. The predicted molar refractivity (Wildman–Crippen MR) is 67.9 cm³/mol. The molecule has 0 aliphatic carbocycles. The molecule has 7 heteroatoms. The van der Waals surface area contributed by atoms with Gasteiger partial charge in [-0.2, -0.15) is 4.31 Å². The van der Waals surface area contributed by atoms with Crippen LogP contribution in [-0.2, 0) is 24.3 Å². The lowest BCUT2D eigenvalue weighted by Crippen LogP contribution is -2.44. The number of hydrogen-bond donors (Lipinski definition) is 0. The number of carbonyl (C=O) groups is 2. The zero-order valence-electron chi connectivity index (χ0n) is 10.6. The van der Waals surface area contributed by atoms with Crippen LogP contribution in [-0.4, -0.2) is 37.8 Å². The van der Waals surface area contributed by atoms with E-state index in [1.54, 1.807) is 18.2 Å². The number of hydrogen-bond acceptors (Lipinski definition) is 5. The number of sulfonamides is 1. The highest BCUT2D eigenvalue weighted by Crippen LogP contribution is 2.33. The average Bonchev–Trinajstić information content (AvgIpc) is 2.75. The Hall–Kier alpha value is -1.73. The van der Waals surface area contributed by atoms with E-state index in [0.717, 1.165) is 0 Å². The SMILES string of the molecule is O=C1OC(=O)C2CN(S(=O)(=O)c3ccccc3)CCC12. The van der Waals surface area contributed by atoms with Crippen LogP contribution in [0.4, 0.5) is 0 Å². The molecule has 2 heterocycles. The number of fused-ring (bicyclic) bond motifs is 1. The van der Waals surface area contributed by atoms with Gasteiger partial charge in [-0.05, 0) is 18.6 Å². The van der Waals surface area contributed by atoms with Crippen LogP contribution in [0.15, 0.2) is 35.2 Å². The molecule has 0 radical (unpaired) electrons. The van der Waals surface area contributed by atoms with E-state index in [2.05, 4.69) is 4.74 Å². The third-order valence-electron chi connectivity index (χ3n) is 3.76. The smallest absolute Gasteiger partial charge is 0.318 e. The number of nitrogens with zero attached hydrogens (tertiary/aromatic N) is 1. The summed E-state index contributed by atoms with van der Waals surface area (Å²) in [6, 6.07) is 8.05. The van der Waals surface area contributed by atoms with Crippen molar-refractivity contribution in [1.82, 2.24) is 4.31 Å². The standard InChI is InChI=1S/C13H13NO5S/c15-12-10-6-7-14(8-11(10)13(16)19-12)20(17,18)9-4-2-1-3-5-9/h1-5,10-11H,6-8H2. The van der Waals surface area contributed by atoms with Crippen molar-refractivity contribution in [1.29, 1.82) is 0 Å². The van der Waals surface area contributed by atoms with E-state index >= 15 is 0 Å². The van der Waals surface area contributed by atoms with Gasteiger partial charge in [-0.3, -0.25) is 9.59 Å². The number of benzene rings is 1. The van der Waals surface area contributed by atoms with Crippen molar-refractivity contribution in [3.63, 3.8) is 0 Å². The predicted octanol–water partition coefficient (Wildman–Crippen LogP) is 0.397. The van der Waals surface area contributed by atoms with E-state index in [-0.39, 0.29) is 18.0 Å². The van der Waals surface area contributed by atoms with Crippen LogP contribution in [0.1, 0.15) is 6.42 Å². The van der Waals surface area contributed by atoms with Gasteiger partial charge in [0.25, 0.3) is 0 Å². The molecule has 2 unspecified atom stereocenters. The zero-order valence-corrected chi connectivity index (χ0v) is 11.4. The molecule has 106 valence electrons. The van der Waals surface area contributed by atoms with Crippen molar-refractivity contribution < 1.29 is 22.7 Å². The molecule has 0 spiro atoms. The van der Waals surface area contributed by atoms with Crippen LogP contribution < -0.4 is 0 Å². The Morgan fingerprint density at radius 3 is 2.40 bits per heavy atom. The molecule has 2 aliphatic rings. The molecule has 1 aromatic carbocycles. The van der Waals surface area contributed by atoms with Gasteiger partial charge in [-0.25, -0.2) is 8.42 Å². The molecular weight excluding hydrogens is 282 g/mol. The molecule has 0 aromatic heterocycles. The number of esters is 2. The quantitative estimate of drug-likeness (QED) is 0.582. The van der Waals surface area contributed by atoms with E-state index in [1.165, 1.54) is 16.4 Å². The Balaban J connectivity index is 1.87. The molecule has 2 fully saturated rings. The number of cyclic esters (lactones) is 2. The van der Waals surface area contributed by atoms with Gasteiger partial charge in [0.05, 0.1) is 16.7 Å². The van der Waals surface area contributed by atoms with Crippen molar-refractivity contribution in [2.45, 2.75) is 11.3 Å². The molecule has 6 nitrogen and oxygen atoms in total. The summed E-state index contributed by atoms with van der Waals surface area (Å²) in [5.41, 5.74) is 0. The summed E-state index contributed by atoms with van der Waals surface area (Å²) in [4.78, 5) is 23.2. The van der Waals surface area contributed by atoms with E-state index in [9.17, 15) is 18.0 Å². The van der Waals surface area contributed by atoms with Crippen LogP contribution in [0.3, 0.4) is 0 Å². The fourth-order valence-electron chi connectivity index (χ4n) is 2.65. The van der Waals surface area contributed by atoms with Gasteiger partial charge in [-0.1, -0.05) is 18.2 Å². The molecule has 2 aliphatic heterocycles. The average molecular weight is 295 g/mol. The first-order chi connectivity index (χ1) is 9.50. The molecule has 2 saturated heterocycles. The van der Waals surface area contributed by atoms with E-state index in [0.29, 0.717) is 6.42 Å². The molecule has 3 rings (SSSR count). The van der Waals surface area contributed by atoms with E-state index in [4.69, 9.17) is 0 Å². The number of piperidine rings is 1. The van der Waals surface area contributed by atoms with Crippen LogP contribution in [0, 0.1) is 11.8 Å². The van der Waals surface area contributed by atoms with Crippen LogP contribution in [0.25, 0.3) is 0 Å². The first-order valence-corrected chi connectivity index (χ1v) is 7.75. The highest BCUT2D eigenvalue weighted by molar-refractivity contribution is 7.89.